The van der Waals surface area contributed by atoms with E-state index in [4.69, 9.17) is 0 Å². The van der Waals surface area contributed by atoms with Crippen molar-refractivity contribution >= 4 is 48.7 Å². The molecule has 4 aromatic rings. The monoisotopic (exact) mass is 456 g/mol. The van der Waals surface area contributed by atoms with Gasteiger partial charge in [-0.1, -0.05) is 24.3 Å². The second-order valence-electron chi connectivity index (χ2n) is 6.69. The van der Waals surface area contributed by atoms with Crippen molar-refractivity contribution in [3.63, 3.8) is 0 Å². The van der Waals surface area contributed by atoms with Gasteiger partial charge < -0.3 is 5.32 Å². The Hall–Kier alpha value is -2.52. The molecule has 0 atom stereocenters. The normalized spacial score (nSPS) is 11.6. The summed E-state index contributed by atoms with van der Waals surface area (Å²) in [5.74, 6) is -0.236. The largest absolute Gasteiger partial charge is 0.348 e. The molecule has 2 aromatic heterocycles. The Balaban J connectivity index is 1.35. The van der Waals surface area contributed by atoms with Gasteiger partial charge in [0.05, 0.1) is 4.90 Å². The Bertz CT molecular complexity index is 1240. The van der Waals surface area contributed by atoms with Crippen LogP contribution in [0.5, 0.6) is 0 Å². The molecule has 8 heteroatoms. The van der Waals surface area contributed by atoms with Crippen LogP contribution in [-0.4, -0.2) is 20.9 Å². The predicted octanol–water partition coefficient (Wildman–Crippen LogP) is 4.41. The highest BCUT2D eigenvalue weighted by Gasteiger charge is 2.15. The molecular formula is C22H20N2O3S3. The summed E-state index contributed by atoms with van der Waals surface area (Å²) < 4.78 is 28.7. The van der Waals surface area contributed by atoms with Crippen LogP contribution in [0, 0.1) is 0 Å². The van der Waals surface area contributed by atoms with E-state index in [9.17, 15) is 13.2 Å². The Labute approximate surface area is 183 Å². The number of sulfonamides is 1. The van der Waals surface area contributed by atoms with E-state index in [2.05, 4.69) is 16.1 Å². The van der Waals surface area contributed by atoms with Crippen molar-refractivity contribution in [2.45, 2.75) is 17.9 Å². The van der Waals surface area contributed by atoms with Gasteiger partial charge in [-0.15, -0.1) is 22.7 Å². The number of thiophene rings is 2. The van der Waals surface area contributed by atoms with E-state index in [-0.39, 0.29) is 10.8 Å². The molecule has 0 saturated carbocycles. The highest BCUT2D eigenvalue weighted by molar-refractivity contribution is 7.89. The van der Waals surface area contributed by atoms with Crippen molar-refractivity contribution < 1.29 is 13.2 Å². The van der Waals surface area contributed by atoms with Crippen molar-refractivity contribution in [2.75, 3.05) is 6.54 Å². The number of carbonyl (C=O) groups is 1. The molecule has 30 heavy (non-hydrogen) atoms. The number of hydrogen-bond donors (Lipinski definition) is 2. The van der Waals surface area contributed by atoms with Crippen LogP contribution in [0.3, 0.4) is 0 Å². The molecule has 0 aliphatic carbocycles. The first-order chi connectivity index (χ1) is 14.5. The van der Waals surface area contributed by atoms with Gasteiger partial charge in [-0.2, -0.15) is 0 Å². The minimum Gasteiger partial charge on any atom is -0.348 e. The summed E-state index contributed by atoms with van der Waals surface area (Å²) in [6.45, 7) is 0.757. The molecule has 2 heterocycles. The first kappa shape index (κ1) is 20.7. The van der Waals surface area contributed by atoms with Crippen LogP contribution >= 0.6 is 22.7 Å². The van der Waals surface area contributed by atoms with E-state index < -0.39 is 10.0 Å². The third kappa shape index (κ3) is 4.79. The Kier molecular flexibility index (Phi) is 6.29. The molecule has 154 valence electrons. The van der Waals surface area contributed by atoms with Crippen LogP contribution in [0.1, 0.15) is 20.8 Å². The maximum atomic E-state index is 12.5. The minimum atomic E-state index is -3.60. The molecule has 0 aliphatic rings. The number of carbonyl (C=O) groups excluding carboxylic acids is 1. The van der Waals surface area contributed by atoms with Gasteiger partial charge in [-0.25, -0.2) is 13.1 Å². The van der Waals surface area contributed by atoms with Crippen LogP contribution < -0.4 is 10.0 Å². The van der Waals surface area contributed by atoms with Crippen molar-refractivity contribution in [2.24, 2.45) is 0 Å². The number of rotatable bonds is 8. The van der Waals surface area contributed by atoms with E-state index in [1.165, 1.54) is 29.0 Å². The zero-order valence-corrected chi connectivity index (χ0v) is 18.4. The van der Waals surface area contributed by atoms with Gasteiger partial charge in [0.1, 0.15) is 0 Å². The Morgan fingerprint density at radius 1 is 0.933 bits per heavy atom. The number of nitrogens with one attached hydrogen (secondary N) is 2. The van der Waals surface area contributed by atoms with Crippen molar-refractivity contribution in [1.29, 1.82) is 0 Å². The van der Waals surface area contributed by atoms with E-state index in [0.717, 1.165) is 15.8 Å². The standard InChI is InChI=1S/C22H20N2O3S3/c25-22(23-14-17-15-29-21-6-2-1-5-20(17)21)16-7-9-19(10-8-16)30(26,27)24-12-11-18-4-3-13-28-18/h1-10,13,15,24H,11-12,14H2,(H,23,25). The Morgan fingerprint density at radius 3 is 2.50 bits per heavy atom. The second kappa shape index (κ2) is 9.09. The van der Waals surface area contributed by atoms with Crippen LogP contribution in [0.25, 0.3) is 10.1 Å². The molecule has 0 radical (unpaired) electrons. The lowest BCUT2D eigenvalue weighted by Gasteiger charge is -2.08. The maximum Gasteiger partial charge on any atom is 0.251 e. The number of fused-ring (bicyclic) bond motifs is 1. The van der Waals surface area contributed by atoms with Crippen LogP contribution in [0.15, 0.2) is 76.3 Å². The van der Waals surface area contributed by atoms with Crippen LogP contribution in [-0.2, 0) is 23.0 Å². The topological polar surface area (TPSA) is 75.3 Å². The molecule has 5 nitrogen and oxygen atoms in total. The van der Waals surface area contributed by atoms with Crippen LogP contribution in [0.2, 0.25) is 0 Å². The lowest BCUT2D eigenvalue weighted by atomic mass is 10.1. The van der Waals surface area contributed by atoms with E-state index in [1.54, 1.807) is 22.7 Å². The molecule has 0 aliphatic heterocycles. The first-order valence-corrected chi connectivity index (χ1v) is 12.6. The molecule has 0 bridgehead atoms. The molecule has 0 unspecified atom stereocenters. The smallest absolute Gasteiger partial charge is 0.251 e. The van der Waals surface area contributed by atoms with Crippen molar-refractivity contribution in [3.8, 4) is 0 Å². The minimum absolute atomic E-state index is 0.147. The zero-order chi connectivity index (χ0) is 21.0. The summed E-state index contributed by atoms with van der Waals surface area (Å²) >= 11 is 3.25. The average molecular weight is 457 g/mol. The molecule has 4 rings (SSSR count). The van der Waals surface area contributed by atoms with Crippen molar-refractivity contribution in [1.82, 2.24) is 10.0 Å². The van der Waals surface area contributed by atoms with Gasteiger partial charge in [-0.05, 0) is 64.5 Å². The molecule has 1 amide bonds. The SMILES string of the molecule is O=C(NCc1csc2ccccc12)c1ccc(S(=O)(=O)NCCc2cccs2)cc1. The second-order valence-corrected chi connectivity index (χ2v) is 10.4. The van der Waals surface area contributed by atoms with Gasteiger partial charge in [0.2, 0.25) is 10.0 Å². The average Bonchev–Trinajstić information content (AvgIpc) is 3.42. The van der Waals surface area contributed by atoms with Gasteiger partial charge in [-0.3, -0.25) is 4.79 Å². The fraction of sp³-hybridized carbons (Fsp3) is 0.136. The van der Waals surface area contributed by atoms with Crippen molar-refractivity contribution in [3.05, 3.63) is 87.4 Å². The Morgan fingerprint density at radius 2 is 1.73 bits per heavy atom. The fourth-order valence-corrected chi connectivity index (χ4v) is 5.78. The quantitative estimate of drug-likeness (QED) is 0.412. The summed E-state index contributed by atoms with van der Waals surface area (Å²) in [4.78, 5) is 13.7. The summed E-state index contributed by atoms with van der Waals surface area (Å²) in [6.07, 6.45) is 0.647. The summed E-state index contributed by atoms with van der Waals surface area (Å²) in [6, 6.07) is 18.0. The lowest BCUT2D eigenvalue weighted by molar-refractivity contribution is 0.0951. The van der Waals surface area contributed by atoms with Crippen LogP contribution in [0.4, 0.5) is 0 Å². The van der Waals surface area contributed by atoms with Gasteiger partial charge in [0, 0.05) is 28.2 Å². The van der Waals surface area contributed by atoms with Gasteiger partial charge >= 0.3 is 0 Å². The summed E-state index contributed by atoms with van der Waals surface area (Å²) in [5, 5.41) is 8.05. The maximum absolute atomic E-state index is 12.5. The third-order valence-corrected chi connectivity index (χ3v) is 8.10. The highest BCUT2D eigenvalue weighted by Crippen LogP contribution is 2.25. The lowest BCUT2D eigenvalue weighted by Crippen LogP contribution is -2.26. The molecule has 2 aromatic carbocycles. The summed E-state index contributed by atoms with van der Waals surface area (Å²) in [5.41, 5.74) is 1.49. The molecule has 2 N–H and O–H groups in total. The molecule has 0 saturated heterocycles. The van der Waals surface area contributed by atoms with E-state index in [0.29, 0.717) is 25.1 Å². The fourth-order valence-electron chi connectivity index (χ4n) is 3.08. The number of benzene rings is 2. The zero-order valence-electron chi connectivity index (χ0n) is 16.0. The molecule has 0 fully saturated rings. The van der Waals surface area contributed by atoms with Gasteiger partial charge in [0.15, 0.2) is 0 Å². The predicted molar refractivity (Wildman–Crippen MR) is 123 cm³/mol. The van der Waals surface area contributed by atoms with Gasteiger partial charge in [0.25, 0.3) is 5.91 Å². The molecule has 0 spiro atoms. The van der Waals surface area contributed by atoms with E-state index in [1.807, 2.05) is 41.1 Å². The molecular weight excluding hydrogens is 436 g/mol. The third-order valence-electron chi connectivity index (χ3n) is 4.67. The summed E-state index contributed by atoms with van der Waals surface area (Å²) in [7, 11) is -3.60. The highest BCUT2D eigenvalue weighted by atomic mass is 32.2. The van der Waals surface area contributed by atoms with E-state index >= 15 is 0 Å². The number of amides is 1. The number of hydrogen-bond acceptors (Lipinski definition) is 5. The first-order valence-electron chi connectivity index (χ1n) is 9.38.